The molecule has 3 rings (SSSR count). The van der Waals surface area contributed by atoms with Crippen LogP contribution in [0, 0.1) is 5.92 Å². The van der Waals surface area contributed by atoms with E-state index in [4.69, 9.17) is 10.8 Å². The molecule has 1 atom stereocenters. The summed E-state index contributed by atoms with van der Waals surface area (Å²) in [6.07, 6.45) is 5.97. The van der Waals surface area contributed by atoms with Crippen molar-refractivity contribution in [3.05, 3.63) is 18.2 Å². The smallest absolute Gasteiger partial charge is 0.169 e. The molecule has 0 bridgehead atoms. The van der Waals surface area contributed by atoms with Crippen LogP contribution in [0.5, 0.6) is 0 Å². The van der Waals surface area contributed by atoms with E-state index in [1.807, 2.05) is 10.8 Å². The Hall–Kier alpha value is -1.95. The van der Waals surface area contributed by atoms with Crippen molar-refractivity contribution in [3.8, 4) is 0 Å². The van der Waals surface area contributed by atoms with Crippen molar-refractivity contribution in [2.75, 3.05) is 12.3 Å². The van der Waals surface area contributed by atoms with Crippen molar-refractivity contribution in [2.45, 2.75) is 6.42 Å². The number of aromatic nitrogens is 4. The minimum absolute atomic E-state index is 0.204. The van der Waals surface area contributed by atoms with Gasteiger partial charge in [-0.2, -0.15) is 0 Å². The standard InChI is InChI=1S/C10H11N5O/c11-9-8-10(13-4-12-9)15(5-14-8)2-6-1-7(6)3-16/h2,4-5,7,16H,1,3H2,(H2,11,12,13)/b6-2-/t7-/m0/s1. The van der Waals surface area contributed by atoms with Crippen LogP contribution in [0.25, 0.3) is 17.4 Å². The fourth-order valence-corrected chi connectivity index (χ4v) is 1.71. The molecule has 0 amide bonds. The van der Waals surface area contributed by atoms with Crippen LogP contribution in [-0.4, -0.2) is 31.2 Å². The van der Waals surface area contributed by atoms with Crippen LogP contribution in [0.1, 0.15) is 6.42 Å². The van der Waals surface area contributed by atoms with Gasteiger partial charge in [0.2, 0.25) is 0 Å². The van der Waals surface area contributed by atoms with Crippen LogP contribution < -0.4 is 5.73 Å². The lowest BCUT2D eigenvalue weighted by molar-refractivity contribution is 0.281. The first-order chi connectivity index (χ1) is 7.79. The van der Waals surface area contributed by atoms with E-state index in [-0.39, 0.29) is 6.61 Å². The Balaban J connectivity index is 2.06. The summed E-state index contributed by atoms with van der Waals surface area (Å²) in [5.74, 6) is 0.688. The van der Waals surface area contributed by atoms with Gasteiger partial charge in [-0.3, -0.25) is 4.57 Å². The van der Waals surface area contributed by atoms with Gasteiger partial charge in [0.1, 0.15) is 12.7 Å². The van der Waals surface area contributed by atoms with Crippen LogP contribution in [-0.2, 0) is 0 Å². The van der Waals surface area contributed by atoms with E-state index in [9.17, 15) is 0 Å². The van der Waals surface area contributed by atoms with Gasteiger partial charge in [0.25, 0.3) is 0 Å². The van der Waals surface area contributed by atoms with Crippen molar-refractivity contribution >= 4 is 23.2 Å². The van der Waals surface area contributed by atoms with Crippen molar-refractivity contribution in [1.82, 2.24) is 19.5 Å². The molecule has 0 saturated heterocycles. The van der Waals surface area contributed by atoms with Crippen molar-refractivity contribution < 1.29 is 5.11 Å². The lowest BCUT2D eigenvalue weighted by atomic mass is 10.4. The summed E-state index contributed by atoms with van der Waals surface area (Å²) in [5.41, 5.74) is 8.20. The SMILES string of the molecule is Nc1ncnc2c1ncn2/C=C1/C[C@H]1CO. The molecule has 0 radical (unpaired) electrons. The molecule has 6 heteroatoms. The normalized spacial score (nSPS) is 21.8. The first kappa shape index (κ1) is 9.29. The molecule has 0 aromatic carbocycles. The van der Waals surface area contributed by atoms with Crippen molar-refractivity contribution in [3.63, 3.8) is 0 Å². The number of nitrogens with two attached hydrogens (primary N) is 1. The van der Waals surface area contributed by atoms with Gasteiger partial charge in [-0.25, -0.2) is 15.0 Å². The lowest BCUT2D eigenvalue weighted by Crippen LogP contribution is -1.94. The molecule has 2 aromatic rings. The second-order valence-electron chi connectivity index (χ2n) is 3.87. The highest BCUT2D eigenvalue weighted by Gasteiger charge is 2.28. The number of rotatable bonds is 2. The molecule has 0 unspecified atom stereocenters. The second-order valence-corrected chi connectivity index (χ2v) is 3.87. The summed E-state index contributed by atoms with van der Waals surface area (Å²) in [6.45, 7) is 0.204. The molecule has 2 aromatic heterocycles. The molecule has 1 aliphatic rings. The third kappa shape index (κ3) is 1.35. The molecule has 2 heterocycles. The molecule has 3 N–H and O–H groups in total. The number of anilines is 1. The Morgan fingerprint density at radius 1 is 1.50 bits per heavy atom. The first-order valence-corrected chi connectivity index (χ1v) is 5.04. The molecule has 6 nitrogen and oxygen atoms in total. The summed E-state index contributed by atoms with van der Waals surface area (Å²) < 4.78 is 1.82. The fourth-order valence-electron chi connectivity index (χ4n) is 1.71. The molecule has 0 aliphatic heterocycles. The Bertz CT molecular complexity index is 574. The second kappa shape index (κ2) is 3.28. The predicted octanol–water partition coefficient (Wildman–Crippen LogP) is 0.262. The lowest BCUT2D eigenvalue weighted by Gasteiger charge is -1.95. The van der Waals surface area contributed by atoms with Gasteiger partial charge < -0.3 is 10.8 Å². The molecule has 1 fully saturated rings. The van der Waals surface area contributed by atoms with Crippen LogP contribution in [0.2, 0.25) is 0 Å². The number of fused-ring (bicyclic) bond motifs is 1. The Kier molecular flexibility index (Phi) is 1.90. The Labute approximate surface area is 91.5 Å². The number of hydrogen-bond donors (Lipinski definition) is 2. The summed E-state index contributed by atoms with van der Waals surface area (Å²) >= 11 is 0. The van der Waals surface area contributed by atoms with Crippen LogP contribution >= 0.6 is 0 Å². The van der Waals surface area contributed by atoms with Gasteiger partial charge in [-0.1, -0.05) is 0 Å². The monoisotopic (exact) mass is 217 g/mol. The quantitative estimate of drug-likeness (QED) is 0.753. The topological polar surface area (TPSA) is 89.9 Å². The largest absolute Gasteiger partial charge is 0.396 e. The van der Waals surface area contributed by atoms with Crippen LogP contribution in [0.4, 0.5) is 5.82 Å². The Morgan fingerprint density at radius 2 is 2.38 bits per heavy atom. The number of nitrogens with zero attached hydrogens (tertiary/aromatic N) is 4. The molecule has 1 aliphatic carbocycles. The van der Waals surface area contributed by atoms with Gasteiger partial charge in [0.15, 0.2) is 17.0 Å². The number of imidazole rings is 1. The number of nitrogen functional groups attached to an aromatic ring is 1. The predicted molar refractivity (Wildman–Crippen MR) is 59.2 cm³/mol. The molecular weight excluding hydrogens is 206 g/mol. The van der Waals surface area contributed by atoms with Crippen molar-refractivity contribution in [2.24, 2.45) is 5.92 Å². The van der Waals surface area contributed by atoms with E-state index >= 15 is 0 Å². The van der Waals surface area contributed by atoms with Gasteiger partial charge >= 0.3 is 0 Å². The molecule has 0 spiro atoms. The summed E-state index contributed by atoms with van der Waals surface area (Å²) in [6, 6.07) is 0. The number of aliphatic hydroxyl groups excluding tert-OH is 1. The molecule has 16 heavy (non-hydrogen) atoms. The minimum atomic E-state index is 0.204. The third-order valence-corrected chi connectivity index (χ3v) is 2.76. The fraction of sp³-hybridized carbons (Fsp3) is 0.300. The van der Waals surface area contributed by atoms with Crippen LogP contribution in [0.3, 0.4) is 0 Å². The average Bonchev–Trinajstić information content (AvgIpc) is 2.91. The molecular formula is C10H11N5O. The summed E-state index contributed by atoms with van der Waals surface area (Å²) in [7, 11) is 0. The van der Waals surface area contributed by atoms with E-state index in [1.54, 1.807) is 6.33 Å². The van der Waals surface area contributed by atoms with Gasteiger partial charge in [-0.15, -0.1) is 0 Å². The van der Waals surface area contributed by atoms with Gasteiger partial charge in [-0.05, 0) is 12.0 Å². The summed E-state index contributed by atoms with van der Waals surface area (Å²) in [4.78, 5) is 12.2. The highest BCUT2D eigenvalue weighted by Crippen LogP contribution is 2.37. The van der Waals surface area contributed by atoms with Gasteiger partial charge in [0.05, 0.1) is 0 Å². The van der Waals surface area contributed by atoms with E-state index in [1.165, 1.54) is 11.9 Å². The maximum Gasteiger partial charge on any atom is 0.169 e. The zero-order chi connectivity index (χ0) is 11.1. The summed E-state index contributed by atoms with van der Waals surface area (Å²) in [5, 5.41) is 8.95. The Morgan fingerprint density at radius 3 is 3.12 bits per heavy atom. The highest BCUT2D eigenvalue weighted by molar-refractivity contribution is 5.82. The van der Waals surface area contributed by atoms with E-state index in [0.29, 0.717) is 22.9 Å². The maximum absolute atomic E-state index is 8.95. The van der Waals surface area contributed by atoms with Crippen LogP contribution in [0.15, 0.2) is 18.2 Å². The van der Waals surface area contributed by atoms with E-state index < -0.39 is 0 Å². The first-order valence-electron chi connectivity index (χ1n) is 5.04. The highest BCUT2D eigenvalue weighted by atomic mass is 16.3. The zero-order valence-electron chi connectivity index (χ0n) is 8.54. The molecule has 82 valence electrons. The maximum atomic E-state index is 8.95. The van der Waals surface area contributed by atoms with E-state index in [2.05, 4.69) is 15.0 Å². The van der Waals surface area contributed by atoms with Crippen molar-refractivity contribution in [1.29, 1.82) is 0 Å². The minimum Gasteiger partial charge on any atom is -0.396 e. The molecule has 1 saturated carbocycles. The average molecular weight is 217 g/mol. The van der Waals surface area contributed by atoms with E-state index in [0.717, 1.165) is 6.42 Å². The number of hydrogen-bond acceptors (Lipinski definition) is 5. The zero-order valence-corrected chi connectivity index (χ0v) is 8.54. The van der Waals surface area contributed by atoms with Gasteiger partial charge in [0, 0.05) is 18.7 Å². The number of aliphatic hydroxyl groups is 1. The third-order valence-electron chi connectivity index (χ3n) is 2.76.